The molecule has 2 fully saturated rings. The van der Waals surface area contributed by atoms with E-state index in [0.29, 0.717) is 25.9 Å². The number of aromatic nitrogens is 3. The van der Waals surface area contributed by atoms with Crippen LogP contribution in [0.15, 0.2) is 42.9 Å². The molecule has 0 aliphatic carbocycles. The summed E-state index contributed by atoms with van der Waals surface area (Å²) in [6.07, 6.45) is 1.81. The average Bonchev–Trinajstić information content (AvgIpc) is 3.16. The van der Waals surface area contributed by atoms with Crippen LogP contribution in [0.25, 0.3) is 11.0 Å². The van der Waals surface area contributed by atoms with Crippen LogP contribution in [-0.2, 0) is 16.2 Å². The molecule has 2 aliphatic rings. The number of hydrogen-bond acceptors (Lipinski definition) is 5. The van der Waals surface area contributed by atoms with Gasteiger partial charge >= 0.3 is 6.18 Å². The molecule has 7 nitrogen and oxygen atoms in total. The molecule has 5 heterocycles. The maximum atomic E-state index is 13.2. The minimum atomic E-state index is -4.53. The molecule has 0 bridgehead atoms. The number of nitrogens with one attached hydrogen (secondary N) is 1. The van der Waals surface area contributed by atoms with E-state index in [1.807, 2.05) is 18.3 Å². The Balaban J connectivity index is 1.24. The van der Waals surface area contributed by atoms with Gasteiger partial charge in [-0.05, 0) is 48.6 Å². The zero-order chi connectivity index (χ0) is 22.5. The van der Waals surface area contributed by atoms with E-state index in [-0.39, 0.29) is 24.8 Å². The fourth-order valence-electron chi connectivity index (χ4n) is 4.62. The monoisotopic (exact) mass is 465 g/mol. The molecular formula is C21H22F3N5O2S. The van der Waals surface area contributed by atoms with Crippen molar-refractivity contribution >= 4 is 26.9 Å². The Morgan fingerprint density at radius 1 is 1.03 bits per heavy atom. The average molecular weight is 466 g/mol. The maximum Gasteiger partial charge on any atom is 0.419 e. The lowest BCUT2D eigenvalue weighted by atomic mass is 9.90. The summed E-state index contributed by atoms with van der Waals surface area (Å²) in [7, 11) is -3.59. The molecule has 3 aromatic heterocycles. The van der Waals surface area contributed by atoms with Crippen molar-refractivity contribution in [2.75, 3.05) is 31.1 Å². The van der Waals surface area contributed by atoms with Crippen LogP contribution in [0.5, 0.6) is 0 Å². The lowest BCUT2D eigenvalue weighted by Crippen LogP contribution is -2.59. The maximum absolute atomic E-state index is 13.2. The van der Waals surface area contributed by atoms with Crippen LogP contribution in [-0.4, -0.2) is 59.1 Å². The minimum absolute atomic E-state index is 0.0104. The number of fused-ring (bicyclic) bond motifs is 1. The van der Waals surface area contributed by atoms with Gasteiger partial charge in [0.1, 0.15) is 16.7 Å². The van der Waals surface area contributed by atoms with E-state index in [2.05, 4.69) is 15.0 Å². The van der Waals surface area contributed by atoms with Gasteiger partial charge < -0.3 is 9.88 Å². The number of hydrogen-bond donors (Lipinski definition) is 1. The van der Waals surface area contributed by atoms with Crippen LogP contribution < -0.4 is 4.90 Å². The van der Waals surface area contributed by atoms with Crippen molar-refractivity contribution in [3.63, 3.8) is 0 Å². The predicted molar refractivity (Wildman–Crippen MR) is 114 cm³/mol. The van der Waals surface area contributed by atoms with Gasteiger partial charge in [0.05, 0.1) is 5.56 Å². The number of halogens is 3. The van der Waals surface area contributed by atoms with E-state index >= 15 is 0 Å². The second-order valence-corrected chi connectivity index (χ2v) is 10.5. The van der Waals surface area contributed by atoms with Crippen LogP contribution in [0.1, 0.15) is 29.9 Å². The topological polar surface area (TPSA) is 82.2 Å². The van der Waals surface area contributed by atoms with Crippen LogP contribution >= 0.6 is 0 Å². The van der Waals surface area contributed by atoms with Crippen molar-refractivity contribution in [1.82, 2.24) is 19.3 Å². The summed E-state index contributed by atoms with van der Waals surface area (Å²) in [5.74, 6) is 0.0262. The van der Waals surface area contributed by atoms with Gasteiger partial charge in [-0.25, -0.2) is 22.7 Å². The van der Waals surface area contributed by atoms with Gasteiger partial charge in [0.2, 0.25) is 10.0 Å². The second-order valence-electron chi connectivity index (χ2n) is 8.26. The first-order chi connectivity index (χ1) is 15.2. The lowest BCUT2D eigenvalue weighted by Gasteiger charge is -2.43. The molecule has 2 saturated heterocycles. The fraction of sp³-hybridized carbons (Fsp3) is 0.429. The number of pyridine rings is 2. The van der Waals surface area contributed by atoms with Crippen LogP contribution in [0.3, 0.4) is 0 Å². The van der Waals surface area contributed by atoms with Crippen LogP contribution in [0, 0.1) is 0 Å². The highest BCUT2D eigenvalue weighted by atomic mass is 32.2. The largest absolute Gasteiger partial charge is 0.419 e. The molecule has 0 aromatic carbocycles. The first-order valence-electron chi connectivity index (χ1n) is 10.4. The highest BCUT2D eigenvalue weighted by molar-refractivity contribution is 7.89. The molecule has 0 radical (unpaired) electrons. The fourth-order valence-corrected chi connectivity index (χ4v) is 6.49. The molecule has 5 rings (SSSR count). The number of rotatable bonds is 4. The summed E-state index contributed by atoms with van der Waals surface area (Å²) >= 11 is 0. The van der Waals surface area contributed by atoms with E-state index in [0.717, 1.165) is 22.7 Å². The predicted octanol–water partition coefficient (Wildman–Crippen LogP) is 3.37. The van der Waals surface area contributed by atoms with Crippen molar-refractivity contribution < 1.29 is 21.6 Å². The molecule has 32 heavy (non-hydrogen) atoms. The highest BCUT2D eigenvalue weighted by Gasteiger charge is 2.45. The molecular weight excluding hydrogens is 443 g/mol. The number of anilines is 1. The van der Waals surface area contributed by atoms with Crippen LogP contribution in [0.4, 0.5) is 19.0 Å². The zero-order valence-corrected chi connectivity index (χ0v) is 17.9. The quantitative estimate of drug-likeness (QED) is 0.639. The molecule has 11 heteroatoms. The first kappa shape index (κ1) is 21.2. The van der Waals surface area contributed by atoms with Crippen molar-refractivity contribution in [2.45, 2.75) is 30.2 Å². The third-order valence-electron chi connectivity index (χ3n) is 6.40. The van der Waals surface area contributed by atoms with Crippen molar-refractivity contribution in [2.24, 2.45) is 0 Å². The van der Waals surface area contributed by atoms with E-state index in [9.17, 15) is 21.6 Å². The van der Waals surface area contributed by atoms with E-state index in [1.165, 1.54) is 21.5 Å². The van der Waals surface area contributed by atoms with Crippen molar-refractivity contribution in [3.8, 4) is 0 Å². The molecule has 0 unspecified atom stereocenters. The number of nitrogens with zero attached hydrogens (tertiary/aromatic N) is 4. The minimum Gasteiger partial charge on any atom is -0.353 e. The summed E-state index contributed by atoms with van der Waals surface area (Å²) in [6, 6.07) is 6.09. The number of alkyl halides is 3. The molecule has 170 valence electrons. The van der Waals surface area contributed by atoms with Crippen LogP contribution in [0.2, 0.25) is 0 Å². The second kappa shape index (κ2) is 7.73. The number of sulfonamides is 1. The van der Waals surface area contributed by atoms with E-state index < -0.39 is 27.0 Å². The van der Waals surface area contributed by atoms with Gasteiger partial charge in [0.25, 0.3) is 0 Å². The summed E-state index contributed by atoms with van der Waals surface area (Å²) < 4.78 is 67.4. The number of piperidine rings is 1. The Labute approximate surface area is 183 Å². The van der Waals surface area contributed by atoms with Crippen molar-refractivity contribution in [1.29, 1.82) is 0 Å². The van der Waals surface area contributed by atoms with E-state index in [4.69, 9.17) is 0 Å². The third-order valence-corrected chi connectivity index (χ3v) is 8.62. The molecule has 0 spiro atoms. The molecule has 1 N–H and O–H groups in total. The van der Waals surface area contributed by atoms with Crippen molar-refractivity contribution in [3.05, 3.63) is 54.0 Å². The summed E-state index contributed by atoms with van der Waals surface area (Å²) in [6.45, 7) is 0.814. The van der Waals surface area contributed by atoms with Gasteiger partial charge in [-0.1, -0.05) is 0 Å². The smallest absolute Gasteiger partial charge is 0.353 e. The van der Waals surface area contributed by atoms with Gasteiger partial charge in [0, 0.05) is 50.2 Å². The number of aromatic amines is 1. The summed E-state index contributed by atoms with van der Waals surface area (Å²) in [5, 5.41) is 0.332. The summed E-state index contributed by atoms with van der Waals surface area (Å²) in [5.41, 5.74) is 1.12. The molecule has 2 aliphatic heterocycles. The molecule has 0 atom stereocenters. The third kappa shape index (κ3) is 3.62. The molecule has 0 amide bonds. The Morgan fingerprint density at radius 3 is 2.44 bits per heavy atom. The molecule has 0 saturated carbocycles. The Kier molecular flexibility index (Phi) is 5.12. The normalized spacial score (nSPS) is 19.4. The zero-order valence-electron chi connectivity index (χ0n) is 17.1. The van der Waals surface area contributed by atoms with Gasteiger partial charge in [-0.2, -0.15) is 13.2 Å². The standard InChI is InChI=1S/C21H22F3N5O2S/c22-21(23,24)18-4-2-8-26-20(18)28-12-15(13-28)32(30,31)29-9-5-14(6-10-29)17-11-27-19-16(17)3-1-7-25-19/h1-4,7-8,11,14-15H,5-6,9-10,12-13H2,(H,25,27). The van der Waals surface area contributed by atoms with Gasteiger partial charge in [-0.3, -0.25) is 0 Å². The van der Waals surface area contributed by atoms with Gasteiger partial charge in [0.15, 0.2) is 0 Å². The first-order valence-corrected chi connectivity index (χ1v) is 11.9. The molecule has 3 aromatic rings. The number of H-pyrrole nitrogens is 1. The Hall–Kier alpha value is -2.66. The Morgan fingerprint density at radius 2 is 1.72 bits per heavy atom. The van der Waals surface area contributed by atoms with E-state index in [1.54, 1.807) is 6.20 Å². The SMILES string of the molecule is O=S(=O)(C1CN(c2ncccc2C(F)(F)F)C1)N1CCC(c2c[nH]c3ncccc23)CC1. The highest BCUT2D eigenvalue weighted by Crippen LogP contribution is 2.38. The lowest BCUT2D eigenvalue weighted by molar-refractivity contribution is -0.137. The summed E-state index contributed by atoms with van der Waals surface area (Å²) in [4.78, 5) is 12.7. The Bertz CT molecular complexity index is 1230. The van der Waals surface area contributed by atoms with Gasteiger partial charge in [-0.15, -0.1) is 0 Å².